The molecule has 0 amide bonds. The lowest BCUT2D eigenvalue weighted by Gasteiger charge is -2.36. The fourth-order valence-corrected chi connectivity index (χ4v) is 5.17. The first-order chi connectivity index (χ1) is 8.93. The number of thiophene rings is 1. The Kier molecular flexibility index (Phi) is 2.69. The van der Waals surface area contributed by atoms with Crippen molar-refractivity contribution in [2.24, 2.45) is 0 Å². The molecule has 0 radical (unpaired) electrons. The number of hydrogen-bond acceptors (Lipinski definition) is 4. The molecule has 0 saturated heterocycles. The molecule has 2 aromatic heterocycles. The minimum atomic E-state index is 0.625. The Bertz CT molecular complexity index is 547. The average Bonchev–Trinajstić information content (AvgIpc) is 3.07. The molecule has 0 N–H and O–H groups in total. The summed E-state index contributed by atoms with van der Waals surface area (Å²) in [5.74, 6) is 3.29. The van der Waals surface area contributed by atoms with E-state index in [1.54, 1.807) is 11.3 Å². The van der Waals surface area contributed by atoms with E-state index in [1.165, 1.54) is 36.4 Å². The van der Waals surface area contributed by atoms with E-state index in [1.807, 2.05) is 0 Å². The number of hydrogen-bond donors (Lipinski definition) is 0. The molecule has 3 heterocycles. The molecule has 2 unspecified atom stereocenters. The van der Waals surface area contributed by atoms with Gasteiger partial charge in [-0.3, -0.25) is 0 Å². The number of fused-ring (bicyclic) bond motifs is 3. The zero-order valence-corrected chi connectivity index (χ0v) is 11.7. The number of nitrogens with zero attached hydrogens (tertiary/aromatic N) is 3. The summed E-state index contributed by atoms with van der Waals surface area (Å²) >= 11 is 3.84. The van der Waals surface area contributed by atoms with E-state index in [9.17, 15) is 0 Å². The van der Waals surface area contributed by atoms with Crippen molar-refractivity contribution in [2.75, 3.05) is 0 Å². The summed E-state index contributed by atoms with van der Waals surface area (Å²) in [6, 6.07) is 4.87. The topological polar surface area (TPSA) is 30.7 Å². The van der Waals surface area contributed by atoms with Gasteiger partial charge in [-0.05, 0) is 24.3 Å². The Balaban J connectivity index is 1.82. The molecule has 1 fully saturated rings. The third-order valence-electron chi connectivity index (χ3n) is 3.93. The third-order valence-corrected chi connectivity index (χ3v) is 6.20. The summed E-state index contributed by atoms with van der Waals surface area (Å²) < 4.78 is 2.44. The largest absolute Gasteiger partial charge is 0.305 e. The van der Waals surface area contributed by atoms with Crippen molar-refractivity contribution in [2.45, 2.75) is 42.7 Å². The molecule has 3 nitrogen and oxygen atoms in total. The first kappa shape index (κ1) is 11.1. The van der Waals surface area contributed by atoms with Crippen molar-refractivity contribution in [3.8, 4) is 10.7 Å². The summed E-state index contributed by atoms with van der Waals surface area (Å²) in [5.41, 5.74) is 0. The number of aromatic nitrogens is 3. The van der Waals surface area contributed by atoms with Crippen molar-refractivity contribution >= 4 is 23.1 Å². The molecule has 0 spiro atoms. The highest BCUT2D eigenvalue weighted by Crippen LogP contribution is 2.44. The van der Waals surface area contributed by atoms with Crippen molar-refractivity contribution in [1.82, 2.24) is 14.8 Å². The van der Waals surface area contributed by atoms with Crippen LogP contribution in [0.4, 0.5) is 0 Å². The second-order valence-corrected chi connectivity index (χ2v) is 7.16. The highest BCUT2D eigenvalue weighted by Gasteiger charge is 2.35. The van der Waals surface area contributed by atoms with Crippen LogP contribution in [0.15, 0.2) is 17.5 Å². The van der Waals surface area contributed by atoms with Crippen LogP contribution in [0, 0.1) is 0 Å². The highest BCUT2D eigenvalue weighted by molar-refractivity contribution is 7.99. The fourth-order valence-electron chi connectivity index (χ4n) is 3.09. The maximum absolute atomic E-state index is 4.44. The summed E-state index contributed by atoms with van der Waals surface area (Å²) in [6.07, 6.45) is 5.39. The number of rotatable bonds is 1. The van der Waals surface area contributed by atoms with Crippen LogP contribution in [0.1, 0.15) is 37.5 Å². The molecule has 5 heteroatoms. The fraction of sp³-hybridized carbons (Fsp3) is 0.538. The van der Waals surface area contributed by atoms with E-state index in [-0.39, 0.29) is 0 Å². The van der Waals surface area contributed by atoms with Gasteiger partial charge in [-0.2, -0.15) is 0 Å². The van der Waals surface area contributed by atoms with Gasteiger partial charge in [0.05, 0.1) is 10.6 Å². The molecule has 18 heavy (non-hydrogen) atoms. The van der Waals surface area contributed by atoms with E-state index in [0.717, 1.165) is 16.8 Å². The second kappa shape index (κ2) is 4.38. The van der Waals surface area contributed by atoms with E-state index in [0.29, 0.717) is 6.04 Å². The van der Waals surface area contributed by atoms with Gasteiger partial charge in [0.15, 0.2) is 5.82 Å². The quantitative estimate of drug-likeness (QED) is 0.795. The highest BCUT2D eigenvalue weighted by atomic mass is 32.2. The van der Waals surface area contributed by atoms with Crippen molar-refractivity contribution < 1.29 is 0 Å². The molecule has 1 aliphatic carbocycles. The Morgan fingerprint density at radius 3 is 3.06 bits per heavy atom. The van der Waals surface area contributed by atoms with E-state index >= 15 is 0 Å². The predicted octanol–water partition coefficient (Wildman–Crippen LogP) is 3.74. The minimum Gasteiger partial charge on any atom is -0.305 e. The molecule has 94 valence electrons. The zero-order valence-electron chi connectivity index (χ0n) is 10.1. The van der Waals surface area contributed by atoms with E-state index in [2.05, 4.69) is 44.0 Å². The molecule has 4 rings (SSSR count). The van der Waals surface area contributed by atoms with Gasteiger partial charge in [0.1, 0.15) is 5.82 Å². The Morgan fingerprint density at radius 2 is 2.17 bits per heavy atom. The van der Waals surface area contributed by atoms with Crippen LogP contribution in [0.5, 0.6) is 0 Å². The van der Waals surface area contributed by atoms with E-state index < -0.39 is 0 Å². The Labute approximate surface area is 115 Å². The van der Waals surface area contributed by atoms with Crippen molar-refractivity contribution in [1.29, 1.82) is 0 Å². The summed E-state index contributed by atoms with van der Waals surface area (Å²) in [4.78, 5) is 1.25. The molecule has 0 bridgehead atoms. The standard InChI is InChI=1S/C13H15N3S2/c1-2-5-10-9(4-1)16-12(8-18-10)14-15-13(16)11-6-3-7-17-11/h3,6-7,9-10H,1-2,4-5,8H2. The lowest BCUT2D eigenvalue weighted by molar-refractivity contribution is 0.354. The summed E-state index contributed by atoms with van der Waals surface area (Å²) in [5, 5.41) is 11.7. The summed E-state index contributed by atoms with van der Waals surface area (Å²) in [7, 11) is 0. The molecule has 1 saturated carbocycles. The van der Waals surface area contributed by atoms with Crippen LogP contribution < -0.4 is 0 Å². The molecule has 1 aliphatic heterocycles. The average molecular weight is 277 g/mol. The van der Waals surface area contributed by atoms with Gasteiger partial charge in [0, 0.05) is 11.3 Å². The molecular weight excluding hydrogens is 262 g/mol. The smallest absolute Gasteiger partial charge is 0.174 e. The zero-order chi connectivity index (χ0) is 11.9. The van der Waals surface area contributed by atoms with Crippen LogP contribution in [0.2, 0.25) is 0 Å². The molecule has 2 aliphatic rings. The van der Waals surface area contributed by atoms with Crippen LogP contribution >= 0.6 is 23.1 Å². The molecule has 2 aromatic rings. The second-order valence-electron chi connectivity index (χ2n) is 4.99. The lowest BCUT2D eigenvalue weighted by Crippen LogP contribution is -2.30. The van der Waals surface area contributed by atoms with Crippen LogP contribution in [0.3, 0.4) is 0 Å². The maximum atomic E-state index is 4.44. The molecular formula is C13H15N3S2. The van der Waals surface area contributed by atoms with Gasteiger partial charge < -0.3 is 4.57 Å². The molecule has 2 atom stereocenters. The third kappa shape index (κ3) is 1.64. The monoisotopic (exact) mass is 277 g/mol. The Hall–Kier alpha value is -0.810. The van der Waals surface area contributed by atoms with Gasteiger partial charge in [0.2, 0.25) is 0 Å². The number of thioether (sulfide) groups is 1. The van der Waals surface area contributed by atoms with E-state index in [4.69, 9.17) is 0 Å². The van der Waals surface area contributed by atoms with Gasteiger partial charge in [-0.15, -0.1) is 33.3 Å². The first-order valence-corrected chi connectivity index (χ1v) is 8.45. The van der Waals surface area contributed by atoms with Crippen LogP contribution in [-0.2, 0) is 5.75 Å². The first-order valence-electron chi connectivity index (χ1n) is 6.53. The SMILES string of the molecule is c1csc(-c2nnc3n2C2CCCCC2SC3)c1. The van der Waals surface area contributed by atoms with Gasteiger partial charge >= 0.3 is 0 Å². The van der Waals surface area contributed by atoms with Crippen LogP contribution in [-0.4, -0.2) is 20.0 Å². The predicted molar refractivity (Wildman–Crippen MR) is 75.9 cm³/mol. The van der Waals surface area contributed by atoms with Gasteiger partial charge in [-0.1, -0.05) is 18.9 Å². The van der Waals surface area contributed by atoms with Gasteiger partial charge in [0.25, 0.3) is 0 Å². The Morgan fingerprint density at radius 1 is 1.22 bits per heavy atom. The van der Waals surface area contributed by atoms with Crippen molar-refractivity contribution in [3.05, 3.63) is 23.3 Å². The lowest BCUT2D eigenvalue weighted by atomic mass is 9.94. The minimum absolute atomic E-state index is 0.625. The van der Waals surface area contributed by atoms with Gasteiger partial charge in [-0.25, -0.2) is 0 Å². The van der Waals surface area contributed by atoms with Crippen LogP contribution in [0.25, 0.3) is 10.7 Å². The maximum Gasteiger partial charge on any atom is 0.174 e. The summed E-state index contributed by atoms with van der Waals surface area (Å²) in [6.45, 7) is 0. The molecule has 0 aromatic carbocycles. The normalized spacial score (nSPS) is 26.7. The van der Waals surface area contributed by atoms with Crippen molar-refractivity contribution in [3.63, 3.8) is 0 Å².